The van der Waals surface area contributed by atoms with E-state index in [9.17, 15) is 4.79 Å². The second kappa shape index (κ2) is 12.1. The van der Waals surface area contributed by atoms with E-state index in [4.69, 9.17) is 11.6 Å². The molecule has 0 aromatic heterocycles. The van der Waals surface area contributed by atoms with Gasteiger partial charge >= 0.3 is 0 Å². The van der Waals surface area contributed by atoms with Crippen LogP contribution >= 0.6 is 11.6 Å². The van der Waals surface area contributed by atoms with Gasteiger partial charge in [0.2, 0.25) is 5.91 Å². The van der Waals surface area contributed by atoms with Crippen LogP contribution < -0.4 is 0 Å². The van der Waals surface area contributed by atoms with Crippen LogP contribution in [-0.4, -0.2) is 59.9 Å². The molecular formula is C31H36ClN3O. The number of carbonyl (C=O) groups is 1. The van der Waals surface area contributed by atoms with Gasteiger partial charge in [0.1, 0.15) is 0 Å². The van der Waals surface area contributed by atoms with E-state index in [0.717, 1.165) is 63.6 Å². The van der Waals surface area contributed by atoms with Crippen molar-refractivity contribution in [1.82, 2.24) is 14.7 Å². The Hall–Kier alpha value is -2.66. The van der Waals surface area contributed by atoms with Crippen LogP contribution in [-0.2, 0) is 4.79 Å². The highest BCUT2D eigenvalue weighted by Gasteiger charge is 2.30. The van der Waals surface area contributed by atoms with E-state index in [-0.39, 0.29) is 12.1 Å². The predicted molar refractivity (Wildman–Crippen MR) is 147 cm³/mol. The molecule has 0 radical (unpaired) electrons. The fourth-order valence-electron chi connectivity index (χ4n) is 5.83. The maximum Gasteiger partial charge on any atom is 0.223 e. The molecule has 0 aliphatic carbocycles. The van der Waals surface area contributed by atoms with Crippen LogP contribution in [0.4, 0.5) is 0 Å². The van der Waals surface area contributed by atoms with Crippen LogP contribution in [0.5, 0.6) is 0 Å². The van der Waals surface area contributed by atoms with Crippen LogP contribution in [0.3, 0.4) is 0 Å². The molecule has 0 spiro atoms. The summed E-state index contributed by atoms with van der Waals surface area (Å²) in [7, 11) is 0. The highest BCUT2D eigenvalue weighted by atomic mass is 35.5. The lowest BCUT2D eigenvalue weighted by Gasteiger charge is -2.40. The molecule has 0 saturated carbocycles. The summed E-state index contributed by atoms with van der Waals surface area (Å²) in [5, 5.41) is 0.775. The van der Waals surface area contributed by atoms with Gasteiger partial charge in [-0.05, 0) is 54.6 Å². The summed E-state index contributed by atoms with van der Waals surface area (Å²) >= 11 is 6.18. The minimum absolute atomic E-state index is 0.232. The van der Waals surface area contributed by atoms with Crippen molar-refractivity contribution in [2.75, 3.05) is 39.3 Å². The molecule has 188 valence electrons. The maximum absolute atomic E-state index is 12.8. The number of likely N-dealkylation sites (tertiary alicyclic amines) is 1. The Balaban J connectivity index is 1.17. The average Bonchev–Trinajstić information content (AvgIpc) is 2.93. The molecule has 1 amide bonds. The summed E-state index contributed by atoms with van der Waals surface area (Å²) < 4.78 is 0. The lowest BCUT2D eigenvalue weighted by atomic mass is 9.94. The van der Waals surface area contributed by atoms with Gasteiger partial charge in [0.05, 0.1) is 12.1 Å². The van der Waals surface area contributed by atoms with Gasteiger partial charge in [-0.25, -0.2) is 0 Å². The summed E-state index contributed by atoms with van der Waals surface area (Å²) in [6.45, 7) is 6.03. The second-order valence-electron chi connectivity index (χ2n) is 10.0. The molecule has 5 heteroatoms. The van der Waals surface area contributed by atoms with Gasteiger partial charge in [-0.1, -0.05) is 84.4 Å². The van der Waals surface area contributed by atoms with Crippen molar-refractivity contribution in [3.05, 3.63) is 107 Å². The first-order valence-corrected chi connectivity index (χ1v) is 13.7. The quantitative estimate of drug-likeness (QED) is 0.368. The third kappa shape index (κ3) is 6.00. The van der Waals surface area contributed by atoms with Crippen molar-refractivity contribution in [3.8, 4) is 0 Å². The zero-order valence-corrected chi connectivity index (χ0v) is 21.7. The number of rotatable bonds is 8. The molecule has 3 aromatic rings. The molecule has 3 aromatic carbocycles. The molecule has 2 saturated heterocycles. The molecule has 0 N–H and O–H groups in total. The first kappa shape index (κ1) is 25.0. The number of piperazine rings is 1. The Labute approximate surface area is 220 Å². The van der Waals surface area contributed by atoms with E-state index in [1.165, 1.54) is 16.7 Å². The van der Waals surface area contributed by atoms with Crippen LogP contribution in [0.15, 0.2) is 84.9 Å². The maximum atomic E-state index is 12.8. The summed E-state index contributed by atoms with van der Waals surface area (Å²) in [5.41, 5.74) is 3.88. The highest BCUT2D eigenvalue weighted by molar-refractivity contribution is 6.30. The van der Waals surface area contributed by atoms with Crippen LogP contribution in [0.2, 0.25) is 5.02 Å². The van der Waals surface area contributed by atoms with Gasteiger partial charge in [0.15, 0.2) is 0 Å². The van der Waals surface area contributed by atoms with E-state index in [2.05, 4.69) is 81.4 Å². The highest BCUT2D eigenvalue weighted by Crippen LogP contribution is 2.32. The van der Waals surface area contributed by atoms with Crippen LogP contribution in [0, 0.1) is 0 Å². The smallest absolute Gasteiger partial charge is 0.223 e. The number of amides is 1. The topological polar surface area (TPSA) is 26.8 Å². The Morgan fingerprint density at radius 3 is 2.11 bits per heavy atom. The largest absolute Gasteiger partial charge is 0.336 e. The normalized spacial score (nSPS) is 20.4. The van der Waals surface area contributed by atoms with E-state index in [0.29, 0.717) is 12.3 Å². The van der Waals surface area contributed by atoms with E-state index in [1.54, 1.807) is 0 Å². The van der Waals surface area contributed by atoms with Gasteiger partial charge in [-0.2, -0.15) is 0 Å². The fraction of sp³-hybridized carbons (Fsp3) is 0.387. The van der Waals surface area contributed by atoms with Gasteiger partial charge < -0.3 is 9.80 Å². The predicted octanol–water partition coefficient (Wildman–Crippen LogP) is 6.19. The molecule has 5 rings (SSSR count). The van der Waals surface area contributed by atoms with Gasteiger partial charge in [-0.15, -0.1) is 0 Å². The zero-order chi connectivity index (χ0) is 24.7. The van der Waals surface area contributed by atoms with E-state index < -0.39 is 0 Å². The number of hydrogen-bond acceptors (Lipinski definition) is 3. The molecule has 2 unspecified atom stereocenters. The Kier molecular flexibility index (Phi) is 8.37. The SMILES string of the molecule is O=C1CCCC(c2ccccc2)N1CCCN1CCN(C(c2ccccc2)c2ccc(Cl)cc2)CC1. The van der Waals surface area contributed by atoms with Crippen molar-refractivity contribution in [1.29, 1.82) is 0 Å². The average molecular weight is 502 g/mol. The lowest BCUT2D eigenvalue weighted by Crippen LogP contribution is -2.48. The van der Waals surface area contributed by atoms with E-state index >= 15 is 0 Å². The molecule has 2 atom stereocenters. The summed E-state index contributed by atoms with van der Waals surface area (Å²) in [5.74, 6) is 0.314. The van der Waals surface area contributed by atoms with E-state index in [1.807, 2.05) is 18.2 Å². The summed E-state index contributed by atoms with van der Waals surface area (Å²) in [4.78, 5) is 20.1. The first-order valence-electron chi connectivity index (χ1n) is 13.3. The molecule has 2 aliphatic heterocycles. The summed E-state index contributed by atoms with van der Waals surface area (Å²) in [6.07, 6.45) is 3.77. The second-order valence-corrected chi connectivity index (χ2v) is 10.4. The van der Waals surface area contributed by atoms with Crippen molar-refractivity contribution in [2.24, 2.45) is 0 Å². The molecule has 2 heterocycles. The molecule has 2 aliphatic rings. The minimum Gasteiger partial charge on any atom is -0.336 e. The number of hydrogen-bond donors (Lipinski definition) is 0. The Morgan fingerprint density at radius 1 is 0.778 bits per heavy atom. The van der Waals surface area contributed by atoms with Crippen molar-refractivity contribution < 1.29 is 4.79 Å². The Morgan fingerprint density at radius 2 is 1.42 bits per heavy atom. The standard InChI is InChI=1S/C31H36ClN3O/c32-28-17-15-27(16-18-28)31(26-11-5-2-6-12-26)34-23-21-33(22-24-34)19-8-20-35-29(13-7-14-30(35)36)25-9-3-1-4-10-25/h1-6,9-12,15-18,29,31H,7-8,13-14,19-24H2. The molecule has 36 heavy (non-hydrogen) atoms. The fourth-order valence-corrected chi connectivity index (χ4v) is 5.95. The Bertz CT molecular complexity index is 1100. The van der Waals surface area contributed by atoms with Crippen LogP contribution in [0.25, 0.3) is 0 Å². The van der Waals surface area contributed by atoms with Crippen molar-refractivity contribution in [3.63, 3.8) is 0 Å². The molecule has 4 nitrogen and oxygen atoms in total. The zero-order valence-electron chi connectivity index (χ0n) is 20.9. The van der Waals surface area contributed by atoms with Gasteiger partial charge in [-0.3, -0.25) is 9.69 Å². The molecule has 2 fully saturated rings. The monoisotopic (exact) mass is 501 g/mol. The number of benzene rings is 3. The third-order valence-corrected chi connectivity index (χ3v) is 7.95. The number of halogens is 1. The molecular weight excluding hydrogens is 466 g/mol. The number of nitrogens with zero attached hydrogens (tertiary/aromatic N) is 3. The number of piperidine rings is 1. The molecule has 0 bridgehead atoms. The first-order chi connectivity index (χ1) is 17.7. The third-order valence-electron chi connectivity index (χ3n) is 7.70. The number of carbonyl (C=O) groups excluding carboxylic acids is 1. The van der Waals surface area contributed by atoms with Crippen molar-refractivity contribution in [2.45, 2.75) is 37.8 Å². The lowest BCUT2D eigenvalue weighted by molar-refractivity contribution is -0.136. The van der Waals surface area contributed by atoms with Gasteiger partial charge in [0, 0.05) is 44.2 Å². The van der Waals surface area contributed by atoms with Crippen LogP contribution in [0.1, 0.15) is 54.5 Å². The summed E-state index contributed by atoms with van der Waals surface area (Å²) in [6, 6.07) is 30.1. The van der Waals surface area contributed by atoms with Crippen molar-refractivity contribution >= 4 is 17.5 Å². The minimum atomic E-state index is 0.232. The van der Waals surface area contributed by atoms with Gasteiger partial charge in [0.25, 0.3) is 0 Å².